The summed E-state index contributed by atoms with van der Waals surface area (Å²) in [5, 5.41) is 4.07. The van der Waals surface area contributed by atoms with Crippen molar-refractivity contribution in [3.63, 3.8) is 0 Å². The number of nitrogens with zero attached hydrogens (tertiary/aromatic N) is 1. The summed E-state index contributed by atoms with van der Waals surface area (Å²) in [4.78, 5) is 14.6. The van der Waals surface area contributed by atoms with Crippen LogP contribution in [0.15, 0.2) is 22.7 Å². The zero-order valence-electron chi connectivity index (χ0n) is 11.7. The van der Waals surface area contributed by atoms with Crippen LogP contribution in [0.3, 0.4) is 0 Å². The van der Waals surface area contributed by atoms with Crippen LogP contribution in [0.4, 0.5) is 5.69 Å². The Hall–Kier alpha value is -0.780. The fraction of sp³-hybridized carbons (Fsp3) is 0.533. The van der Waals surface area contributed by atoms with Crippen LogP contribution < -0.4 is 11.1 Å². The lowest BCUT2D eigenvalue weighted by molar-refractivity contribution is -0.123. The van der Waals surface area contributed by atoms with Crippen LogP contribution in [0.5, 0.6) is 0 Å². The molecule has 114 valence electrons. The highest BCUT2D eigenvalue weighted by atomic mass is 79.9. The van der Waals surface area contributed by atoms with Gasteiger partial charge in [0.15, 0.2) is 0 Å². The van der Waals surface area contributed by atoms with Crippen LogP contribution in [0.25, 0.3) is 0 Å². The van der Waals surface area contributed by atoms with Crippen molar-refractivity contribution < 1.29 is 4.79 Å². The van der Waals surface area contributed by atoms with Crippen molar-refractivity contribution in [2.45, 2.75) is 37.3 Å². The molecule has 0 bridgehead atoms. The Balaban J connectivity index is 1.91. The van der Waals surface area contributed by atoms with E-state index in [0.29, 0.717) is 5.02 Å². The summed E-state index contributed by atoms with van der Waals surface area (Å²) in [5.41, 5.74) is 5.99. The number of hydrogen-bond donors (Lipinski definition) is 2. The van der Waals surface area contributed by atoms with E-state index in [1.165, 1.54) is 6.42 Å². The highest BCUT2D eigenvalue weighted by molar-refractivity contribution is 9.10. The average molecular weight is 373 g/mol. The number of halogens is 2. The first-order chi connectivity index (χ1) is 10.0. The normalized spacial score (nSPS) is 29.1. The van der Waals surface area contributed by atoms with Gasteiger partial charge in [-0.25, -0.2) is 0 Å². The first-order valence-electron chi connectivity index (χ1n) is 7.30. The second-order valence-corrected chi connectivity index (χ2v) is 7.15. The first kappa shape index (κ1) is 15.1. The highest BCUT2D eigenvalue weighted by Gasteiger charge is 2.52. The predicted octanol–water partition coefficient (Wildman–Crippen LogP) is 3.00. The maximum absolute atomic E-state index is 12.2. The number of anilines is 1. The molecular weight excluding hydrogens is 354 g/mol. The van der Waals surface area contributed by atoms with E-state index in [1.54, 1.807) is 0 Å². The predicted molar refractivity (Wildman–Crippen MR) is 88.5 cm³/mol. The van der Waals surface area contributed by atoms with Crippen molar-refractivity contribution >= 4 is 39.1 Å². The fourth-order valence-electron chi connectivity index (χ4n) is 3.63. The largest absolute Gasteiger partial charge is 0.370 e. The number of nitrogens with two attached hydrogens (primary N) is 1. The van der Waals surface area contributed by atoms with Gasteiger partial charge in [0.05, 0.1) is 5.02 Å². The van der Waals surface area contributed by atoms with Crippen LogP contribution in [0.2, 0.25) is 5.02 Å². The molecule has 1 amide bonds. The van der Waals surface area contributed by atoms with Gasteiger partial charge < -0.3 is 11.1 Å². The third kappa shape index (κ3) is 2.67. The van der Waals surface area contributed by atoms with Crippen LogP contribution in [0, 0.1) is 0 Å². The lowest BCUT2D eigenvalue weighted by Crippen LogP contribution is -2.59. The molecule has 2 unspecified atom stereocenters. The van der Waals surface area contributed by atoms with Gasteiger partial charge in [-0.3, -0.25) is 9.69 Å². The molecule has 0 saturated carbocycles. The van der Waals surface area contributed by atoms with Gasteiger partial charge in [-0.1, -0.05) is 18.0 Å². The van der Waals surface area contributed by atoms with E-state index >= 15 is 0 Å². The minimum absolute atomic E-state index is 0.193. The molecule has 0 spiro atoms. The van der Waals surface area contributed by atoms with Gasteiger partial charge in [-0.2, -0.15) is 0 Å². The van der Waals surface area contributed by atoms with Gasteiger partial charge in [0.1, 0.15) is 5.54 Å². The van der Waals surface area contributed by atoms with E-state index in [9.17, 15) is 4.79 Å². The fourth-order valence-corrected chi connectivity index (χ4v) is 4.13. The molecule has 6 heteroatoms. The molecule has 2 atom stereocenters. The van der Waals surface area contributed by atoms with Gasteiger partial charge in [-0.05, 0) is 59.9 Å². The number of piperidine rings is 1. The van der Waals surface area contributed by atoms with Crippen molar-refractivity contribution in [2.24, 2.45) is 5.73 Å². The van der Waals surface area contributed by atoms with Gasteiger partial charge in [0, 0.05) is 22.7 Å². The molecule has 3 rings (SSSR count). The summed E-state index contributed by atoms with van der Waals surface area (Å²) < 4.78 is 0.812. The second kappa shape index (κ2) is 5.78. The summed E-state index contributed by atoms with van der Waals surface area (Å²) >= 11 is 9.45. The van der Waals surface area contributed by atoms with E-state index in [0.717, 1.165) is 42.5 Å². The van der Waals surface area contributed by atoms with Crippen LogP contribution >= 0.6 is 27.5 Å². The second-order valence-electron chi connectivity index (χ2n) is 5.89. The van der Waals surface area contributed by atoms with Crippen LogP contribution in [-0.2, 0) is 4.79 Å². The molecule has 0 aromatic heterocycles. The van der Waals surface area contributed by atoms with Crippen molar-refractivity contribution in [3.05, 3.63) is 27.7 Å². The van der Waals surface area contributed by atoms with Gasteiger partial charge >= 0.3 is 0 Å². The molecule has 1 aromatic carbocycles. The summed E-state index contributed by atoms with van der Waals surface area (Å²) in [5.74, 6) is -0.261. The smallest absolute Gasteiger partial charge is 0.244 e. The van der Waals surface area contributed by atoms with Gasteiger partial charge in [-0.15, -0.1) is 0 Å². The van der Waals surface area contributed by atoms with E-state index in [4.69, 9.17) is 17.3 Å². The minimum atomic E-state index is -0.673. The summed E-state index contributed by atoms with van der Waals surface area (Å²) in [6, 6.07) is 5.80. The summed E-state index contributed by atoms with van der Waals surface area (Å²) in [6.07, 6.45) is 4.14. The monoisotopic (exact) mass is 371 g/mol. The van der Waals surface area contributed by atoms with E-state index in [2.05, 4.69) is 26.1 Å². The molecular formula is C15H19BrClN3O. The lowest BCUT2D eigenvalue weighted by atomic mass is 9.84. The number of hydrogen-bond acceptors (Lipinski definition) is 3. The Kier molecular flexibility index (Phi) is 4.17. The van der Waals surface area contributed by atoms with E-state index in [1.807, 2.05) is 18.2 Å². The molecule has 21 heavy (non-hydrogen) atoms. The first-order valence-corrected chi connectivity index (χ1v) is 8.47. The minimum Gasteiger partial charge on any atom is -0.370 e. The molecule has 2 aliphatic rings. The molecule has 2 heterocycles. The molecule has 2 aliphatic heterocycles. The Morgan fingerprint density at radius 2 is 2.24 bits per heavy atom. The van der Waals surface area contributed by atoms with Gasteiger partial charge in [0.25, 0.3) is 0 Å². The van der Waals surface area contributed by atoms with Crippen LogP contribution in [0.1, 0.15) is 25.7 Å². The molecule has 4 nitrogen and oxygen atoms in total. The number of rotatable bonds is 3. The number of nitrogens with one attached hydrogen (secondary N) is 1. The number of carbonyl (C=O) groups excluding carboxylic acids is 1. The molecule has 2 fully saturated rings. The number of primary amides is 1. The number of benzene rings is 1. The zero-order chi connectivity index (χ0) is 15.0. The third-order valence-electron chi connectivity index (χ3n) is 4.70. The standard InChI is InChI=1S/C15H19BrClN3O/c16-11-9-10(4-5-12(11)17)19-15(14(18)21)6-8-20-7-2-1-3-13(15)20/h4-5,9,13,19H,1-3,6-8H2,(H2,18,21). The Bertz CT molecular complexity index is 568. The third-order valence-corrected chi connectivity index (χ3v) is 5.92. The Morgan fingerprint density at radius 1 is 1.43 bits per heavy atom. The maximum atomic E-state index is 12.2. The average Bonchev–Trinajstić information content (AvgIpc) is 2.84. The molecule has 2 saturated heterocycles. The zero-order valence-corrected chi connectivity index (χ0v) is 14.1. The topological polar surface area (TPSA) is 58.4 Å². The van der Waals surface area contributed by atoms with Crippen molar-refractivity contribution in [3.8, 4) is 0 Å². The highest BCUT2D eigenvalue weighted by Crippen LogP contribution is 2.38. The number of amides is 1. The number of fused-ring (bicyclic) bond motifs is 1. The SMILES string of the molecule is NC(=O)C1(Nc2ccc(Cl)c(Br)c2)CCN2CCCCC21. The van der Waals surface area contributed by atoms with Gasteiger partial charge in [0.2, 0.25) is 5.91 Å². The van der Waals surface area contributed by atoms with Crippen molar-refractivity contribution in [2.75, 3.05) is 18.4 Å². The molecule has 1 aromatic rings. The van der Waals surface area contributed by atoms with E-state index in [-0.39, 0.29) is 11.9 Å². The molecule has 3 N–H and O–H groups in total. The van der Waals surface area contributed by atoms with E-state index < -0.39 is 5.54 Å². The van der Waals surface area contributed by atoms with Crippen molar-refractivity contribution in [1.29, 1.82) is 0 Å². The Morgan fingerprint density at radius 3 is 2.95 bits per heavy atom. The summed E-state index contributed by atoms with van der Waals surface area (Å²) in [6.45, 7) is 1.99. The molecule has 0 aliphatic carbocycles. The number of carbonyl (C=O) groups is 1. The molecule has 0 radical (unpaired) electrons. The summed E-state index contributed by atoms with van der Waals surface area (Å²) in [7, 11) is 0. The quantitative estimate of drug-likeness (QED) is 0.857. The van der Waals surface area contributed by atoms with Crippen LogP contribution in [-0.4, -0.2) is 35.5 Å². The Labute approximate surface area is 138 Å². The van der Waals surface area contributed by atoms with Crippen molar-refractivity contribution in [1.82, 2.24) is 4.90 Å². The lowest BCUT2D eigenvalue weighted by Gasteiger charge is -2.39. The maximum Gasteiger partial charge on any atom is 0.244 e.